The van der Waals surface area contributed by atoms with Crippen LogP contribution in [-0.4, -0.2) is 18.1 Å². The molecule has 0 saturated heterocycles. The number of nitrogens with zero attached hydrogens (tertiary/aromatic N) is 1. The first-order chi connectivity index (χ1) is 6.36. The molecular weight excluding hydrogens is 171 g/mol. The molecule has 1 heterocycles. The molecule has 0 aromatic carbocycles. The van der Waals surface area contributed by atoms with Crippen molar-refractivity contribution >= 4 is 0 Å². The van der Waals surface area contributed by atoms with Gasteiger partial charge in [-0.3, -0.25) is 4.98 Å². The molecule has 0 amide bonds. The number of halogens is 1. The van der Waals surface area contributed by atoms with Crippen LogP contribution < -0.4 is 10.5 Å². The molecule has 0 atom stereocenters. The molecule has 0 unspecified atom stereocenters. The minimum absolute atomic E-state index is 0.146. The van der Waals surface area contributed by atoms with Gasteiger partial charge in [0.1, 0.15) is 12.4 Å². The van der Waals surface area contributed by atoms with Crippen LogP contribution in [0.1, 0.15) is 0 Å². The van der Waals surface area contributed by atoms with Crippen LogP contribution in [0.15, 0.2) is 30.4 Å². The summed E-state index contributed by atoms with van der Waals surface area (Å²) in [5.74, 6) is 0.530. The fourth-order valence-corrected chi connectivity index (χ4v) is 0.698. The third-order valence-corrected chi connectivity index (χ3v) is 1.42. The fourth-order valence-electron chi connectivity index (χ4n) is 0.698. The van der Waals surface area contributed by atoms with Crippen molar-refractivity contribution in [3.05, 3.63) is 36.4 Å². The van der Waals surface area contributed by atoms with Crippen molar-refractivity contribution in [2.45, 2.75) is 0 Å². The van der Waals surface area contributed by atoms with E-state index in [2.05, 4.69) is 11.1 Å². The van der Waals surface area contributed by atoms with Gasteiger partial charge in [0.2, 0.25) is 0 Å². The largest absolute Gasteiger partial charge is 0.488 e. The number of hydrogen-bond acceptors (Lipinski definition) is 3. The third-order valence-electron chi connectivity index (χ3n) is 1.42. The molecule has 2 N–H and O–H groups in total. The van der Waals surface area contributed by atoms with Crippen LogP contribution in [0.5, 0.6) is 5.75 Å². The minimum atomic E-state index is 0.146. The predicted molar refractivity (Wildman–Crippen MR) is 46.8 cm³/mol. The predicted octanol–water partition coefficient (Wildman–Crippen LogP) is 1.07. The summed E-state index contributed by atoms with van der Waals surface area (Å²) in [4.78, 5) is 3.76. The summed E-state index contributed by atoms with van der Waals surface area (Å²) in [6.07, 6.45) is 3.52. The molecule has 0 fully saturated rings. The SMILES string of the molecule is NC/C(=C/F)COc1[c]cncc1. The van der Waals surface area contributed by atoms with Gasteiger partial charge in [0, 0.05) is 30.6 Å². The standard InChI is InChI=1S/C9H10FN2O/c10-5-8(6-11)7-13-9-1-3-12-4-2-9/h1,3-5H,6-7,11H2/b8-5-. The molecule has 0 aliphatic heterocycles. The summed E-state index contributed by atoms with van der Waals surface area (Å²) in [6, 6.07) is 4.39. The first-order valence-electron chi connectivity index (χ1n) is 3.79. The third kappa shape index (κ3) is 3.21. The van der Waals surface area contributed by atoms with Gasteiger partial charge in [0.15, 0.2) is 0 Å². The van der Waals surface area contributed by atoms with Gasteiger partial charge in [-0.15, -0.1) is 0 Å². The summed E-state index contributed by atoms with van der Waals surface area (Å²) in [5, 5.41) is 0. The van der Waals surface area contributed by atoms with E-state index in [4.69, 9.17) is 10.5 Å². The Labute approximate surface area is 76.0 Å². The maximum absolute atomic E-state index is 12.0. The first-order valence-corrected chi connectivity index (χ1v) is 3.79. The van der Waals surface area contributed by atoms with E-state index in [0.717, 1.165) is 0 Å². The number of ether oxygens (including phenoxy) is 1. The van der Waals surface area contributed by atoms with Gasteiger partial charge in [0.05, 0.1) is 6.33 Å². The molecule has 3 nitrogen and oxygen atoms in total. The molecular formula is C9H10FN2O. The second-order valence-electron chi connectivity index (χ2n) is 2.36. The Morgan fingerprint density at radius 1 is 1.77 bits per heavy atom. The van der Waals surface area contributed by atoms with Gasteiger partial charge in [-0.25, -0.2) is 4.39 Å². The molecule has 1 rings (SSSR count). The summed E-state index contributed by atoms with van der Waals surface area (Å²) in [6.45, 7) is 0.301. The van der Waals surface area contributed by atoms with Crippen LogP contribution in [0.3, 0.4) is 0 Å². The van der Waals surface area contributed by atoms with Gasteiger partial charge in [-0.2, -0.15) is 0 Å². The monoisotopic (exact) mass is 181 g/mol. The van der Waals surface area contributed by atoms with Gasteiger partial charge in [-0.05, 0) is 6.07 Å². The van der Waals surface area contributed by atoms with E-state index in [0.29, 0.717) is 17.7 Å². The lowest BCUT2D eigenvalue weighted by atomic mass is 10.3. The van der Waals surface area contributed by atoms with E-state index < -0.39 is 0 Å². The van der Waals surface area contributed by atoms with Crippen LogP contribution in [0, 0.1) is 6.07 Å². The lowest BCUT2D eigenvalue weighted by Gasteiger charge is -2.05. The molecule has 0 aliphatic carbocycles. The van der Waals surface area contributed by atoms with Crippen LogP contribution in [-0.2, 0) is 0 Å². The Hall–Kier alpha value is -1.42. The van der Waals surface area contributed by atoms with Crippen molar-refractivity contribution in [1.82, 2.24) is 4.98 Å². The number of hydrogen-bond donors (Lipinski definition) is 1. The number of rotatable bonds is 4. The van der Waals surface area contributed by atoms with Crippen molar-refractivity contribution in [3.63, 3.8) is 0 Å². The van der Waals surface area contributed by atoms with E-state index in [9.17, 15) is 4.39 Å². The zero-order chi connectivity index (χ0) is 9.52. The lowest BCUT2D eigenvalue weighted by Crippen LogP contribution is -2.10. The maximum atomic E-state index is 12.0. The average Bonchev–Trinajstić information content (AvgIpc) is 2.21. The Bertz CT molecular complexity index is 274. The molecule has 0 bridgehead atoms. The Balaban J connectivity index is 2.43. The molecule has 1 aromatic heterocycles. The Morgan fingerprint density at radius 3 is 3.15 bits per heavy atom. The molecule has 0 saturated carbocycles. The van der Waals surface area contributed by atoms with Crippen molar-refractivity contribution < 1.29 is 9.13 Å². The van der Waals surface area contributed by atoms with Gasteiger partial charge < -0.3 is 10.5 Å². The number of aromatic nitrogens is 1. The van der Waals surface area contributed by atoms with Gasteiger partial charge in [-0.1, -0.05) is 0 Å². The molecule has 0 aliphatic rings. The highest BCUT2D eigenvalue weighted by molar-refractivity contribution is 5.16. The highest BCUT2D eigenvalue weighted by Crippen LogP contribution is 2.07. The zero-order valence-electron chi connectivity index (χ0n) is 7.03. The van der Waals surface area contributed by atoms with Crippen LogP contribution in [0.2, 0.25) is 0 Å². The summed E-state index contributed by atoms with van der Waals surface area (Å²) in [7, 11) is 0. The van der Waals surface area contributed by atoms with E-state index in [1.54, 1.807) is 12.3 Å². The van der Waals surface area contributed by atoms with Crippen LogP contribution >= 0.6 is 0 Å². The van der Waals surface area contributed by atoms with Gasteiger partial charge >= 0.3 is 0 Å². The smallest absolute Gasteiger partial charge is 0.130 e. The molecule has 13 heavy (non-hydrogen) atoms. The van der Waals surface area contributed by atoms with E-state index >= 15 is 0 Å². The topological polar surface area (TPSA) is 48.1 Å². The van der Waals surface area contributed by atoms with Crippen molar-refractivity contribution in [2.24, 2.45) is 5.73 Å². The summed E-state index contributed by atoms with van der Waals surface area (Å²) < 4.78 is 17.2. The van der Waals surface area contributed by atoms with E-state index in [1.165, 1.54) is 6.20 Å². The van der Waals surface area contributed by atoms with Crippen LogP contribution in [0.25, 0.3) is 0 Å². The summed E-state index contributed by atoms with van der Waals surface area (Å²) in [5.41, 5.74) is 5.64. The van der Waals surface area contributed by atoms with Crippen LogP contribution in [0.4, 0.5) is 4.39 Å². The number of nitrogens with two attached hydrogens (primary N) is 1. The average molecular weight is 181 g/mol. The Morgan fingerprint density at radius 2 is 2.62 bits per heavy atom. The second kappa shape index (κ2) is 5.27. The van der Waals surface area contributed by atoms with Crippen molar-refractivity contribution in [3.8, 4) is 5.75 Å². The second-order valence-corrected chi connectivity index (χ2v) is 2.36. The zero-order valence-corrected chi connectivity index (χ0v) is 7.03. The molecule has 1 radical (unpaired) electrons. The molecule has 4 heteroatoms. The molecule has 0 spiro atoms. The quantitative estimate of drug-likeness (QED) is 0.755. The van der Waals surface area contributed by atoms with Crippen molar-refractivity contribution in [2.75, 3.05) is 13.2 Å². The fraction of sp³-hybridized carbons (Fsp3) is 0.222. The highest BCUT2D eigenvalue weighted by atomic mass is 19.1. The molecule has 69 valence electrons. The minimum Gasteiger partial charge on any atom is -0.488 e. The molecule has 1 aromatic rings. The van der Waals surface area contributed by atoms with E-state index in [1.807, 2.05) is 0 Å². The van der Waals surface area contributed by atoms with Crippen molar-refractivity contribution in [1.29, 1.82) is 0 Å². The highest BCUT2D eigenvalue weighted by Gasteiger charge is 1.96. The normalized spacial score (nSPS) is 11.4. The lowest BCUT2D eigenvalue weighted by molar-refractivity contribution is 0.346. The Kier molecular flexibility index (Phi) is 3.92. The van der Waals surface area contributed by atoms with E-state index in [-0.39, 0.29) is 13.2 Å². The number of pyridine rings is 1. The van der Waals surface area contributed by atoms with Gasteiger partial charge in [0.25, 0.3) is 0 Å². The first kappa shape index (κ1) is 9.67. The summed E-state index contributed by atoms with van der Waals surface area (Å²) >= 11 is 0. The maximum Gasteiger partial charge on any atom is 0.130 e.